The summed E-state index contributed by atoms with van der Waals surface area (Å²) in [6.07, 6.45) is 0.291. The van der Waals surface area contributed by atoms with Crippen LogP contribution < -0.4 is 29.6 Å². The summed E-state index contributed by atoms with van der Waals surface area (Å²) in [5.74, 6) is 2.83. The monoisotopic (exact) mass is 370 g/mol. The quantitative estimate of drug-likeness (QED) is 0.760. The number of nitrogens with one attached hydrogen (secondary N) is 2. The van der Waals surface area contributed by atoms with Gasteiger partial charge in [-0.15, -0.1) is 0 Å². The van der Waals surface area contributed by atoms with Gasteiger partial charge in [-0.3, -0.25) is 4.79 Å². The van der Waals surface area contributed by atoms with E-state index in [1.165, 1.54) is 0 Å². The van der Waals surface area contributed by atoms with Crippen LogP contribution in [0.25, 0.3) is 0 Å². The molecular weight excluding hydrogens is 348 g/mol. The Morgan fingerprint density at radius 3 is 2.63 bits per heavy atom. The van der Waals surface area contributed by atoms with Gasteiger partial charge < -0.3 is 29.6 Å². The van der Waals surface area contributed by atoms with Crippen molar-refractivity contribution < 1.29 is 23.7 Å². The molecular formula is C20H22N2O5. The minimum atomic E-state index is -0.0687. The second-order valence-corrected chi connectivity index (χ2v) is 6.36. The van der Waals surface area contributed by atoms with E-state index in [1.54, 1.807) is 12.1 Å². The van der Waals surface area contributed by atoms with Crippen molar-refractivity contribution in [2.45, 2.75) is 12.5 Å². The van der Waals surface area contributed by atoms with E-state index in [0.717, 1.165) is 11.5 Å². The molecule has 142 valence electrons. The Kier molecular flexibility index (Phi) is 5.29. The number of benzene rings is 2. The van der Waals surface area contributed by atoms with Crippen LogP contribution >= 0.6 is 0 Å². The maximum absolute atomic E-state index is 12.1. The van der Waals surface area contributed by atoms with Crippen LogP contribution in [-0.2, 0) is 4.79 Å². The molecule has 1 atom stereocenters. The third-order valence-corrected chi connectivity index (χ3v) is 4.29. The lowest BCUT2D eigenvalue weighted by Gasteiger charge is -2.26. The average Bonchev–Trinajstić information content (AvgIpc) is 2.71. The van der Waals surface area contributed by atoms with Gasteiger partial charge in [0.2, 0.25) is 5.91 Å². The van der Waals surface area contributed by atoms with Crippen molar-refractivity contribution in [1.82, 2.24) is 5.32 Å². The number of hydrogen-bond donors (Lipinski definition) is 2. The zero-order valence-corrected chi connectivity index (χ0v) is 14.9. The predicted octanol–water partition coefficient (Wildman–Crippen LogP) is 2.22. The van der Waals surface area contributed by atoms with Crippen LogP contribution in [0.3, 0.4) is 0 Å². The van der Waals surface area contributed by atoms with Crippen molar-refractivity contribution in [2.75, 3.05) is 38.2 Å². The maximum atomic E-state index is 12.1. The average molecular weight is 370 g/mol. The number of carbonyl (C=O) groups excluding carboxylic acids is 1. The van der Waals surface area contributed by atoms with Crippen molar-refractivity contribution in [1.29, 1.82) is 0 Å². The highest BCUT2D eigenvalue weighted by Crippen LogP contribution is 2.32. The second-order valence-electron chi connectivity index (χ2n) is 6.36. The molecule has 2 aromatic rings. The van der Waals surface area contributed by atoms with E-state index >= 15 is 0 Å². The van der Waals surface area contributed by atoms with Crippen LogP contribution in [0.15, 0.2) is 42.5 Å². The minimum Gasteiger partial charge on any atom is -0.486 e. The molecule has 0 bridgehead atoms. The van der Waals surface area contributed by atoms with Gasteiger partial charge in [-0.1, -0.05) is 12.1 Å². The van der Waals surface area contributed by atoms with Gasteiger partial charge >= 0.3 is 0 Å². The van der Waals surface area contributed by atoms with E-state index in [4.69, 9.17) is 18.9 Å². The summed E-state index contributed by atoms with van der Waals surface area (Å²) in [5, 5.41) is 6.12. The van der Waals surface area contributed by atoms with Crippen molar-refractivity contribution in [2.24, 2.45) is 0 Å². The zero-order chi connectivity index (χ0) is 18.5. The number of rotatable bonds is 6. The fourth-order valence-electron chi connectivity index (χ4n) is 2.97. The minimum absolute atomic E-state index is 0.0645. The second kappa shape index (κ2) is 8.18. The van der Waals surface area contributed by atoms with Crippen molar-refractivity contribution in [3.8, 4) is 23.0 Å². The zero-order valence-electron chi connectivity index (χ0n) is 14.9. The van der Waals surface area contributed by atoms with Crippen LogP contribution in [-0.4, -0.2) is 44.9 Å². The number of fused-ring (bicyclic) bond motifs is 2. The topological polar surface area (TPSA) is 78.1 Å². The maximum Gasteiger partial charge on any atom is 0.225 e. The van der Waals surface area contributed by atoms with E-state index in [0.29, 0.717) is 56.5 Å². The fourth-order valence-corrected chi connectivity index (χ4v) is 2.97. The first-order chi connectivity index (χ1) is 13.3. The third-order valence-electron chi connectivity index (χ3n) is 4.29. The van der Waals surface area contributed by atoms with Crippen LogP contribution in [0.5, 0.6) is 23.0 Å². The SMILES string of the molecule is O=C(CCNCC1COc2ccccc2O1)Nc1ccc2c(c1)OCCO2. The lowest BCUT2D eigenvalue weighted by molar-refractivity contribution is -0.116. The van der Waals surface area contributed by atoms with E-state index < -0.39 is 0 Å². The van der Waals surface area contributed by atoms with Crippen molar-refractivity contribution in [3.05, 3.63) is 42.5 Å². The largest absolute Gasteiger partial charge is 0.486 e. The summed E-state index contributed by atoms with van der Waals surface area (Å²) in [6, 6.07) is 13.0. The van der Waals surface area contributed by atoms with Crippen LogP contribution in [0, 0.1) is 0 Å². The molecule has 1 unspecified atom stereocenters. The van der Waals surface area contributed by atoms with Crippen LogP contribution in [0.1, 0.15) is 6.42 Å². The molecule has 0 aromatic heterocycles. The number of para-hydroxylation sites is 2. The number of amides is 1. The van der Waals surface area contributed by atoms with Gasteiger partial charge in [-0.2, -0.15) is 0 Å². The molecule has 0 fully saturated rings. The van der Waals surface area contributed by atoms with Gasteiger partial charge in [0.05, 0.1) is 0 Å². The lowest BCUT2D eigenvalue weighted by atomic mass is 10.2. The van der Waals surface area contributed by atoms with Gasteiger partial charge in [0, 0.05) is 31.3 Å². The van der Waals surface area contributed by atoms with Gasteiger partial charge in [-0.05, 0) is 24.3 Å². The molecule has 0 aliphatic carbocycles. The Hall–Kier alpha value is -2.93. The molecule has 2 heterocycles. The Labute approximate surface area is 157 Å². The molecule has 0 saturated carbocycles. The summed E-state index contributed by atoms with van der Waals surface area (Å²) < 4.78 is 22.5. The number of anilines is 1. The standard InChI is InChI=1S/C20H22N2O5/c23-20(22-14-5-6-17-19(11-14)25-10-9-24-17)7-8-21-12-15-13-26-16-3-1-2-4-18(16)27-15/h1-6,11,15,21H,7-10,12-13H2,(H,22,23). The van der Waals surface area contributed by atoms with E-state index in [9.17, 15) is 4.79 Å². The first-order valence-electron chi connectivity index (χ1n) is 9.06. The molecule has 27 heavy (non-hydrogen) atoms. The lowest BCUT2D eigenvalue weighted by Crippen LogP contribution is -2.39. The molecule has 4 rings (SSSR count). The summed E-state index contributed by atoms with van der Waals surface area (Å²) >= 11 is 0. The predicted molar refractivity (Wildman–Crippen MR) is 99.9 cm³/mol. The van der Waals surface area contributed by atoms with Crippen LogP contribution in [0.4, 0.5) is 5.69 Å². The summed E-state index contributed by atoms with van der Waals surface area (Å²) in [6.45, 7) is 2.73. The van der Waals surface area contributed by atoms with Gasteiger partial charge in [0.15, 0.2) is 23.0 Å². The van der Waals surface area contributed by atoms with E-state index in [1.807, 2.05) is 30.3 Å². The van der Waals surface area contributed by atoms with Crippen molar-refractivity contribution in [3.63, 3.8) is 0 Å². The van der Waals surface area contributed by atoms with Gasteiger partial charge in [0.25, 0.3) is 0 Å². The Morgan fingerprint density at radius 1 is 0.963 bits per heavy atom. The number of hydrogen-bond acceptors (Lipinski definition) is 6. The highest BCUT2D eigenvalue weighted by molar-refractivity contribution is 5.91. The van der Waals surface area contributed by atoms with E-state index in [2.05, 4.69) is 10.6 Å². The van der Waals surface area contributed by atoms with E-state index in [-0.39, 0.29) is 12.0 Å². The third kappa shape index (κ3) is 4.43. The molecule has 2 aliphatic rings. The molecule has 2 aromatic carbocycles. The summed E-state index contributed by atoms with van der Waals surface area (Å²) in [7, 11) is 0. The molecule has 0 spiro atoms. The summed E-state index contributed by atoms with van der Waals surface area (Å²) in [5.41, 5.74) is 0.699. The molecule has 0 saturated heterocycles. The smallest absolute Gasteiger partial charge is 0.225 e. The Balaban J connectivity index is 1.18. The van der Waals surface area contributed by atoms with Crippen molar-refractivity contribution >= 4 is 11.6 Å². The number of carbonyl (C=O) groups is 1. The molecule has 7 heteroatoms. The Morgan fingerprint density at radius 2 is 1.74 bits per heavy atom. The molecule has 2 aliphatic heterocycles. The molecule has 1 amide bonds. The molecule has 0 radical (unpaired) electrons. The van der Waals surface area contributed by atoms with Gasteiger partial charge in [0.1, 0.15) is 25.9 Å². The highest BCUT2D eigenvalue weighted by Gasteiger charge is 2.20. The summed E-state index contributed by atoms with van der Waals surface area (Å²) in [4.78, 5) is 12.1. The molecule has 7 nitrogen and oxygen atoms in total. The fraction of sp³-hybridized carbons (Fsp3) is 0.350. The number of ether oxygens (including phenoxy) is 4. The highest BCUT2D eigenvalue weighted by atomic mass is 16.6. The first kappa shape index (κ1) is 17.5. The van der Waals surface area contributed by atoms with Crippen LogP contribution in [0.2, 0.25) is 0 Å². The normalized spacial score (nSPS) is 17.3. The first-order valence-corrected chi connectivity index (χ1v) is 9.06. The Bertz CT molecular complexity index is 811. The van der Waals surface area contributed by atoms with Gasteiger partial charge in [-0.25, -0.2) is 0 Å². The molecule has 2 N–H and O–H groups in total.